The number of morpholine rings is 2. The number of hydrogen-bond acceptors (Lipinski definition) is 8. The summed E-state index contributed by atoms with van der Waals surface area (Å²) in [6.07, 6.45) is 14.8. The molecule has 51 heavy (non-hydrogen) atoms. The summed E-state index contributed by atoms with van der Waals surface area (Å²) in [5.74, 6) is 1.92. The maximum absolute atomic E-state index is 5.72. The molecule has 0 amide bonds. The molecule has 0 aromatic heterocycles. The molecule has 2 spiro atoms. The van der Waals surface area contributed by atoms with Crippen LogP contribution in [0.2, 0.25) is 0 Å². The molecule has 8 nitrogen and oxygen atoms in total. The van der Waals surface area contributed by atoms with Crippen LogP contribution in [0.15, 0.2) is 0 Å². The highest BCUT2D eigenvalue weighted by Gasteiger charge is 2.54. The van der Waals surface area contributed by atoms with Crippen LogP contribution in [0.1, 0.15) is 113 Å². The van der Waals surface area contributed by atoms with Gasteiger partial charge in [0.1, 0.15) is 0 Å². The highest BCUT2D eigenvalue weighted by molar-refractivity contribution is 5.08. The predicted octanol–water partition coefficient (Wildman–Crippen LogP) is 6.50. The molecule has 6 saturated heterocycles. The van der Waals surface area contributed by atoms with E-state index in [1.165, 1.54) is 143 Å². The fourth-order valence-corrected chi connectivity index (χ4v) is 10.8. The molecular formula is C43H86N6O2. The van der Waals surface area contributed by atoms with Crippen molar-refractivity contribution in [1.29, 1.82) is 0 Å². The van der Waals surface area contributed by atoms with E-state index in [-0.39, 0.29) is 0 Å². The molecule has 8 heteroatoms. The van der Waals surface area contributed by atoms with Crippen LogP contribution in [0.3, 0.4) is 0 Å². The van der Waals surface area contributed by atoms with Crippen molar-refractivity contribution < 1.29 is 9.47 Å². The highest BCUT2D eigenvalue weighted by atomic mass is 16.5. The Labute approximate surface area is 317 Å². The lowest BCUT2D eigenvalue weighted by atomic mass is 9.60. The van der Waals surface area contributed by atoms with Gasteiger partial charge in [-0.3, -0.25) is 9.80 Å². The Balaban J connectivity index is 0.000000201. The van der Waals surface area contributed by atoms with Crippen molar-refractivity contribution in [3.05, 3.63) is 0 Å². The number of hydrogen-bond donors (Lipinski definition) is 0. The lowest BCUT2D eigenvalue weighted by Gasteiger charge is -2.62. The van der Waals surface area contributed by atoms with E-state index in [1.54, 1.807) is 0 Å². The molecule has 0 bridgehead atoms. The molecular weight excluding hydrogens is 633 g/mol. The summed E-state index contributed by atoms with van der Waals surface area (Å²) in [4.78, 5) is 15.9. The summed E-state index contributed by atoms with van der Waals surface area (Å²) in [5, 5.41) is 0. The van der Waals surface area contributed by atoms with E-state index in [2.05, 4.69) is 50.4 Å². The van der Waals surface area contributed by atoms with E-state index in [0.29, 0.717) is 16.9 Å². The fraction of sp³-hybridized carbons (Fsp3) is 1.00. The zero-order chi connectivity index (χ0) is 36.9. The first-order valence-electron chi connectivity index (χ1n) is 22.3. The maximum atomic E-state index is 5.72. The SMILES string of the molecule is CC.CC.CC.CC1CN(C2CC3(CCCN(CC4CCN(C)CC4)C3)C2)CCO1.CN1CCC(CN2CC3(CC(N4CCOCC4)C3)C2)CC1. The van der Waals surface area contributed by atoms with Gasteiger partial charge in [-0.15, -0.1) is 0 Å². The molecule has 6 aliphatic heterocycles. The van der Waals surface area contributed by atoms with Gasteiger partial charge in [0.05, 0.1) is 25.9 Å². The Morgan fingerprint density at radius 3 is 1.57 bits per heavy atom. The largest absolute Gasteiger partial charge is 0.379 e. The third kappa shape index (κ3) is 12.3. The van der Waals surface area contributed by atoms with Gasteiger partial charge in [0.25, 0.3) is 0 Å². The topological polar surface area (TPSA) is 37.9 Å². The zero-order valence-electron chi connectivity index (χ0n) is 35.5. The van der Waals surface area contributed by atoms with Crippen molar-refractivity contribution in [3.63, 3.8) is 0 Å². The van der Waals surface area contributed by atoms with Crippen molar-refractivity contribution >= 4 is 0 Å². The first-order valence-corrected chi connectivity index (χ1v) is 22.3. The monoisotopic (exact) mass is 719 g/mol. The molecule has 300 valence electrons. The lowest BCUT2D eigenvalue weighted by Crippen LogP contribution is -2.67. The molecule has 6 heterocycles. The molecule has 8 fully saturated rings. The number of ether oxygens (including phenoxy) is 2. The third-order valence-corrected chi connectivity index (χ3v) is 13.6. The Morgan fingerprint density at radius 1 is 0.549 bits per heavy atom. The second-order valence-corrected chi connectivity index (χ2v) is 17.5. The minimum Gasteiger partial charge on any atom is -0.379 e. The normalized spacial score (nSPS) is 31.2. The minimum absolute atomic E-state index is 0.433. The van der Waals surface area contributed by atoms with Gasteiger partial charge in [0, 0.05) is 71.0 Å². The Bertz CT molecular complexity index is 911. The van der Waals surface area contributed by atoms with E-state index in [9.17, 15) is 0 Å². The summed E-state index contributed by atoms with van der Waals surface area (Å²) < 4.78 is 11.2. The average Bonchev–Trinajstić information content (AvgIpc) is 3.13. The van der Waals surface area contributed by atoms with Crippen LogP contribution in [-0.2, 0) is 9.47 Å². The molecule has 2 saturated carbocycles. The van der Waals surface area contributed by atoms with Gasteiger partial charge in [0.2, 0.25) is 0 Å². The molecule has 0 aromatic rings. The first-order chi connectivity index (χ1) is 24.8. The number of piperidine rings is 3. The molecule has 1 atom stereocenters. The standard InChI is InChI=1S/C20H37N3O.C17H31N3O.3C2H6/c1-17-14-23(10-11-24-17)19-12-20(13-19)6-3-7-22(16-20)15-18-4-8-21(2)9-5-18;1-18-4-2-15(3-5-18)12-19-13-17(14-19)10-16(11-17)20-6-8-21-9-7-20;3*1-2/h17-19H,3-16H2,1-2H3;15-16H,2-14H2,1H3;3*1-2H3. The minimum atomic E-state index is 0.433. The smallest absolute Gasteiger partial charge is 0.0674 e. The molecule has 0 radical (unpaired) electrons. The van der Waals surface area contributed by atoms with Crippen LogP contribution in [0.25, 0.3) is 0 Å². The van der Waals surface area contributed by atoms with Gasteiger partial charge in [-0.2, -0.15) is 0 Å². The molecule has 0 aromatic carbocycles. The zero-order valence-corrected chi connectivity index (χ0v) is 35.5. The molecule has 2 aliphatic carbocycles. The highest BCUT2D eigenvalue weighted by Crippen LogP contribution is 2.51. The van der Waals surface area contributed by atoms with Crippen molar-refractivity contribution in [1.82, 2.24) is 29.4 Å². The van der Waals surface area contributed by atoms with Crippen LogP contribution in [0.4, 0.5) is 0 Å². The fourth-order valence-electron chi connectivity index (χ4n) is 10.8. The van der Waals surface area contributed by atoms with E-state index >= 15 is 0 Å². The van der Waals surface area contributed by atoms with Gasteiger partial charge in [-0.05, 0) is 141 Å². The Hall–Kier alpha value is -0.320. The number of nitrogens with zero attached hydrogens (tertiary/aromatic N) is 6. The summed E-state index contributed by atoms with van der Waals surface area (Å²) in [6, 6.07) is 1.72. The second-order valence-electron chi connectivity index (χ2n) is 17.5. The first kappa shape index (κ1) is 43.4. The van der Waals surface area contributed by atoms with Crippen LogP contribution in [0.5, 0.6) is 0 Å². The van der Waals surface area contributed by atoms with E-state index in [1.807, 2.05) is 41.5 Å². The maximum Gasteiger partial charge on any atom is 0.0674 e. The van der Waals surface area contributed by atoms with E-state index in [0.717, 1.165) is 56.8 Å². The third-order valence-electron chi connectivity index (χ3n) is 13.6. The van der Waals surface area contributed by atoms with Gasteiger partial charge in [0.15, 0.2) is 0 Å². The van der Waals surface area contributed by atoms with E-state index in [4.69, 9.17) is 9.47 Å². The Kier molecular flexibility index (Phi) is 18.5. The summed E-state index contributed by atoms with van der Waals surface area (Å²) in [6.45, 7) is 35.2. The summed E-state index contributed by atoms with van der Waals surface area (Å²) in [7, 11) is 4.53. The van der Waals surface area contributed by atoms with Gasteiger partial charge < -0.3 is 29.1 Å². The quantitative estimate of drug-likeness (QED) is 0.309. The van der Waals surface area contributed by atoms with E-state index < -0.39 is 0 Å². The number of rotatable bonds is 6. The van der Waals surface area contributed by atoms with Gasteiger partial charge >= 0.3 is 0 Å². The molecule has 1 unspecified atom stereocenters. The van der Waals surface area contributed by atoms with Gasteiger partial charge in [-0.1, -0.05) is 41.5 Å². The Morgan fingerprint density at radius 2 is 1.02 bits per heavy atom. The van der Waals surface area contributed by atoms with Crippen molar-refractivity contribution in [3.8, 4) is 0 Å². The van der Waals surface area contributed by atoms with Crippen LogP contribution >= 0.6 is 0 Å². The number of likely N-dealkylation sites (tertiary alicyclic amines) is 4. The van der Waals surface area contributed by atoms with Crippen molar-refractivity contribution in [2.45, 2.75) is 131 Å². The van der Waals surface area contributed by atoms with Gasteiger partial charge in [-0.25, -0.2) is 0 Å². The molecule has 8 aliphatic rings. The van der Waals surface area contributed by atoms with Crippen LogP contribution < -0.4 is 0 Å². The van der Waals surface area contributed by atoms with Crippen molar-refractivity contribution in [2.24, 2.45) is 22.7 Å². The summed E-state index contributed by atoms with van der Waals surface area (Å²) in [5.41, 5.74) is 1.38. The van der Waals surface area contributed by atoms with Crippen LogP contribution in [-0.4, -0.2) is 173 Å². The molecule has 0 N–H and O–H groups in total. The lowest BCUT2D eigenvalue weighted by molar-refractivity contribution is -0.127. The molecule has 8 rings (SSSR count). The van der Waals surface area contributed by atoms with Crippen LogP contribution in [0, 0.1) is 22.7 Å². The van der Waals surface area contributed by atoms with Crippen molar-refractivity contribution in [2.75, 3.05) is 126 Å². The predicted molar refractivity (Wildman–Crippen MR) is 217 cm³/mol. The second kappa shape index (κ2) is 21.7. The average molecular weight is 719 g/mol. The summed E-state index contributed by atoms with van der Waals surface area (Å²) >= 11 is 0.